The fraction of sp³-hybridized carbons (Fsp3) is 0.158. The van der Waals surface area contributed by atoms with Crippen LogP contribution in [0.2, 0.25) is 0 Å². The van der Waals surface area contributed by atoms with E-state index in [2.05, 4.69) is 11.8 Å². The van der Waals surface area contributed by atoms with Crippen molar-refractivity contribution in [2.24, 2.45) is 0 Å². The van der Waals surface area contributed by atoms with Gasteiger partial charge in [0.15, 0.2) is 0 Å². The lowest BCUT2D eigenvalue weighted by Gasteiger charge is -2.06. The molecule has 0 unspecified atom stereocenters. The van der Waals surface area contributed by atoms with Crippen molar-refractivity contribution >= 4 is 11.9 Å². The molecule has 0 spiro atoms. The Hall–Kier alpha value is -3.06. The molecule has 0 aliphatic heterocycles. The van der Waals surface area contributed by atoms with Crippen molar-refractivity contribution in [3.05, 3.63) is 70.8 Å². The van der Waals surface area contributed by atoms with E-state index < -0.39 is 11.9 Å². The molecule has 116 valence electrons. The van der Waals surface area contributed by atoms with Crippen molar-refractivity contribution in [1.29, 1.82) is 0 Å². The van der Waals surface area contributed by atoms with Crippen LogP contribution in [0.15, 0.2) is 48.5 Å². The highest BCUT2D eigenvalue weighted by molar-refractivity contribution is 6.02. The van der Waals surface area contributed by atoms with E-state index in [-0.39, 0.29) is 17.7 Å². The van der Waals surface area contributed by atoms with Crippen LogP contribution in [0.5, 0.6) is 0 Å². The first-order chi connectivity index (χ1) is 11.1. The maximum Gasteiger partial charge on any atom is 0.339 e. The molecule has 1 N–H and O–H groups in total. The number of carboxylic acid groups (broad SMARTS) is 1. The molecule has 0 bridgehead atoms. The monoisotopic (exact) mass is 308 g/mol. The van der Waals surface area contributed by atoms with Gasteiger partial charge in [0, 0.05) is 11.1 Å². The molecule has 0 heterocycles. The van der Waals surface area contributed by atoms with Crippen molar-refractivity contribution in [3.63, 3.8) is 0 Å². The van der Waals surface area contributed by atoms with Crippen LogP contribution in [0.25, 0.3) is 0 Å². The summed E-state index contributed by atoms with van der Waals surface area (Å²) in [4.78, 5) is 23.3. The summed E-state index contributed by atoms with van der Waals surface area (Å²) >= 11 is 0. The highest BCUT2D eigenvalue weighted by atomic mass is 16.5. The van der Waals surface area contributed by atoms with Gasteiger partial charge in [-0.2, -0.15) is 0 Å². The van der Waals surface area contributed by atoms with Gasteiger partial charge in [0.2, 0.25) is 0 Å². The van der Waals surface area contributed by atoms with Gasteiger partial charge in [0.25, 0.3) is 0 Å². The second-order valence-corrected chi connectivity index (χ2v) is 4.82. The lowest BCUT2D eigenvalue weighted by Crippen LogP contribution is -2.12. The van der Waals surface area contributed by atoms with E-state index in [1.54, 1.807) is 6.07 Å². The van der Waals surface area contributed by atoms with Gasteiger partial charge in [0.1, 0.15) is 0 Å². The maximum absolute atomic E-state index is 11.9. The lowest BCUT2D eigenvalue weighted by molar-refractivity contribution is 0.0494. The van der Waals surface area contributed by atoms with E-state index >= 15 is 0 Å². The average Bonchev–Trinajstić information content (AvgIpc) is 2.58. The van der Waals surface area contributed by atoms with Crippen LogP contribution in [0.1, 0.15) is 45.2 Å². The Morgan fingerprint density at radius 1 is 1.00 bits per heavy atom. The number of rotatable bonds is 4. The molecule has 0 amide bonds. The molecule has 0 fully saturated rings. The van der Waals surface area contributed by atoms with E-state index in [1.165, 1.54) is 12.1 Å². The summed E-state index contributed by atoms with van der Waals surface area (Å²) in [6, 6.07) is 13.8. The maximum atomic E-state index is 11.9. The van der Waals surface area contributed by atoms with Crippen LogP contribution in [0.3, 0.4) is 0 Å². The first-order valence-corrected chi connectivity index (χ1v) is 7.23. The van der Waals surface area contributed by atoms with Gasteiger partial charge in [-0.15, -0.1) is 0 Å². The van der Waals surface area contributed by atoms with E-state index in [1.807, 2.05) is 37.3 Å². The molecule has 0 saturated carbocycles. The van der Waals surface area contributed by atoms with Gasteiger partial charge < -0.3 is 9.84 Å². The Morgan fingerprint density at radius 2 is 1.70 bits per heavy atom. The Kier molecular flexibility index (Phi) is 5.54. The zero-order valence-corrected chi connectivity index (χ0v) is 12.7. The van der Waals surface area contributed by atoms with E-state index in [4.69, 9.17) is 4.74 Å². The molecule has 0 atom stereocenters. The highest BCUT2D eigenvalue weighted by Gasteiger charge is 2.17. The summed E-state index contributed by atoms with van der Waals surface area (Å²) in [6.45, 7) is 2.13. The minimum absolute atomic E-state index is 0.0382. The number of carboxylic acids is 1. The zero-order valence-electron chi connectivity index (χ0n) is 12.7. The van der Waals surface area contributed by atoms with Crippen molar-refractivity contribution in [2.75, 3.05) is 6.61 Å². The molecule has 2 aromatic carbocycles. The number of carbonyl (C=O) groups excluding carboxylic acids is 1. The van der Waals surface area contributed by atoms with Crippen molar-refractivity contribution in [1.82, 2.24) is 0 Å². The fourth-order valence-electron chi connectivity index (χ4n) is 1.92. The fourth-order valence-corrected chi connectivity index (χ4v) is 1.92. The smallest absolute Gasteiger partial charge is 0.339 e. The van der Waals surface area contributed by atoms with Crippen molar-refractivity contribution in [2.45, 2.75) is 13.3 Å². The third kappa shape index (κ3) is 4.45. The summed E-state index contributed by atoms with van der Waals surface area (Å²) < 4.78 is 5.00. The van der Waals surface area contributed by atoms with Gasteiger partial charge in [-0.05, 0) is 36.8 Å². The third-order valence-corrected chi connectivity index (χ3v) is 3.03. The normalized spacial score (nSPS) is 9.61. The standard InChI is InChI=1S/C19H16O4/c1-2-12-23-19(22)16-11-10-15(13-17(16)18(20)21)9-8-14-6-4-3-5-7-14/h3-7,10-11,13H,2,12H2,1H3,(H,20,21). The van der Waals surface area contributed by atoms with Crippen LogP contribution in [-0.4, -0.2) is 23.7 Å². The SMILES string of the molecule is CCCOC(=O)c1ccc(C#Cc2ccccc2)cc1C(=O)O. The van der Waals surface area contributed by atoms with Gasteiger partial charge in [0.05, 0.1) is 17.7 Å². The molecular formula is C19H16O4. The number of hydrogen-bond donors (Lipinski definition) is 1. The molecule has 0 aliphatic rings. The number of ether oxygens (including phenoxy) is 1. The van der Waals surface area contributed by atoms with Crippen LogP contribution in [0, 0.1) is 11.8 Å². The predicted octanol–water partition coefficient (Wildman–Crippen LogP) is 3.35. The van der Waals surface area contributed by atoms with Crippen LogP contribution in [0.4, 0.5) is 0 Å². The summed E-state index contributed by atoms with van der Waals surface area (Å²) in [7, 11) is 0. The number of hydrogen-bond acceptors (Lipinski definition) is 3. The second kappa shape index (κ2) is 7.81. The summed E-state index contributed by atoms with van der Waals surface area (Å²) in [5.41, 5.74) is 1.29. The Bertz CT molecular complexity index is 767. The molecule has 0 aromatic heterocycles. The molecule has 23 heavy (non-hydrogen) atoms. The third-order valence-electron chi connectivity index (χ3n) is 3.03. The molecule has 0 aliphatic carbocycles. The van der Waals surface area contributed by atoms with E-state index in [0.29, 0.717) is 12.0 Å². The first-order valence-electron chi connectivity index (χ1n) is 7.23. The van der Waals surface area contributed by atoms with Crippen LogP contribution in [-0.2, 0) is 4.74 Å². The Balaban J connectivity index is 2.31. The van der Waals surface area contributed by atoms with Gasteiger partial charge in [-0.3, -0.25) is 0 Å². The molecule has 4 heteroatoms. The molecule has 2 rings (SSSR count). The number of esters is 1. The lowest BCUT2D eigenvalue weighted by atomic mass is 10.0. The Labute approximate surface area is 134 Å². The largest absolute Gasteiger partial charge is 0.478 e. The molecule has 4 nitrogen and oxygen atoms in total. The first kappa shape index (κ1) is 16.3. The number of benzene rings is 2. The highest BCUT2D eigenvalue weighted by Crippen LogP contribution is 2.14. The predicted molar refractivity (Wildman–Crippen MR) is 86.4 cm³/mol. The Morgan fingerprint density at radius 3 is 2.35 bits per heavy atom. The van der Waals surface area contributed by atoms with E-state index in [0.717, 1.165) is 5.56 Å². The number of carbonyl (C=O) groups is 2. The second-order valence-electron chi connectivity index (χ2n) is 4.82. The topological polar surface area (TPSA) is 63.6 Å². The summed E-state index contributed by atoms with van der Waals surface area (Å²) in [5, 5.41) is 9.29. The number of aromatic carboxylic acids is 1. The van der Waals surface area contributed by atoms with Gasteiger partial charge in [-0.25, -0.2) is 9.59 Å². The molecule has 0 radical (unpaired) electrons. The van der Waals surface area contributed by atoms with Crippen molar-refractivity contribution < 1.29 is 19.4 Å². The quantitative estimate of drug-likeness (QED) is 0.695. The van der Waals surface area contributed by atoms with E-state index in [9.17, 15) is 14.7 Å². The zero-order chi connectivity index (χ0) is 16.7. The van der Waals surface area contributed by atoms with Gasteiger partial charge >= 0.3 is 11.9 Å². The summed E-state index contributed by atoms with van der Waals surface area (Å²) in [6.07, 6.45) is 0.675. The molecular weight excluding hydrogens is 292 g/mol. The van der Waals surface area contributed by atoms with Crippen LogP contribution < -0.4 is 0 Å². The van der Waals surface area contributed by atoms with Crippen LogP contribution >= 0.6 is 0 Å². The average molecular weight is 308 g/mol. The molecule has 2 aromatic rings. The van der Waals surface area contributed by atoms with Crippen molar-refractivity contribution in [3.8, 4) is 11.8 Å². The molecule has 0 saturated heterocycles. The minimum Gasteiger partial charge on any atom is -0.478 e. The minimum atomic E-state index is -1.18. The van der Waals surface area contributed by atoms with Gasteiger partial charge in [-0.1, -0.05) is 37.0 Å². The summed E-state index contributed by atoms with van der Waals surface area (Å²) in [5.74, 6) is 4.03.